The van der Waals surface area contributed by atoms with Gasteiger partial charge in [0.05, 0.1) is 0 Å². The minimum atomic E-state index is 1.00. The van der Waals surface area contributed by atoms with E-state index in [1.165, 1.54) is 57.8 Å². The monoisotopic (exact) mass is 336 g/mol. The highest BCUT2D eigenvalue weighted by Crippen LogP contribution is 2.42. The number of hydrogen-bond acceptors (Lipinski definition) is 1. The lowest BCUT2D eigenvalue weighted by Gasteiger charge is -2.35. The summed E-state index contributed by atoms with van der Waals surface area (Å²) in [5.41, 5.74) is 0. The molecule has 0 spiro atoms. The summed E-state index contributed by atoms with van der Waals surface area (Å²) in [5.74, 6) is 4.25. The van der Waals surface area contributed by atoms with Crippen molar-refractivity contribution >= 4 is 11.8 Å². The molecule has 0 atom stereocenters. The van der Waals surface area contributed by atoms with Crippen molar-refractivity contribution in [2.24, 2.45) is 23.7 Å². The summed E-state index contributed by atoms with van der Waals surface area (Å²) >= 11 is 2.39. The number of hydrogen-bond donors (Lipinski definition) is 0. The molecule has 0 heterocycles. The lowest BCUT2D eigenvalue weighted by atomic mass is 9.74. The second-order valence-electron chi connectivity index (χ2n) is 9.19. The zero-order chi connectivity index (χ0) is 16.1. The molecule has 0 bridgehead atoms. The van der Waals surface area contributed by atoms with E-state index in [0.717, 1.165) is 34.2 Å². The third-order valence-corrected chi connectivity index (χ3v) is 9.06. The first-order chi connectivity index (χ1) is 11.2. The Labute approximate surface area is 150 Å². The van der Waals surface area contributed by atoms with Crippen LogP contribution in [0.15, 0.2) is 0 Å². The van der Waals surface area contributed by atoms with Gasteiger partial charge < -0.3 is 0 Å². The van der Waals surface area contributed by atoms with Crippen LogP contribution >= 0.6 is 11.8 Å². The predicted octanol–water partition coefficient (Wildman–Crippen LogP) is 7.46. The van der Waals surface area contributed by atoms with Crippen LogP contribution in [0.4, 0.5) is 0 Å². The maximum atomic E-state index is 2.44. The molecule has 3 aliphatic carbocycles. The van der Waals surface area contributed by atoms with Gasteiger partial charge in [0.2, 0.25) is 0 Å². The van der Waals surface area contributed by atoms with E-state index in [0.29, 0.717) is 0 Å². The van der Waals surface area contributed by atoms with Gasteiger partial charge >= 0.3 is 0 Å². The fourth-order valence-corrected chi connectivity index (χ4v) is 7.12. The Balaban J connectivity index is 1.31. The van der Waals surface area contributed by atoms with Crippen LogP contribution in [0.5, 0.6) is 0 Å². The van der Waals surface area contributed by atoms with Gasteiger partial charge in [0.1, 0.15) is 0 Å². The van der Waals surface area contributed by atoms with Gasteiger partial charge in [0, 0.05) is 10.5 Å². The van der Waals surface area contributed by atoms with Crippen molar-refractivity contribution in [1.29, 1.82) is 0 Å². The molecule has 0 saturated heterocycles. The summed E-state index contributed by atoms with van der Waals surface area (Å²) < 4.78 is 0. The van der Waals surface area contributed by atoms with Gasteiger partial charge in [0.15, 0.2) is 0 Å². The Kier molecular flexibility index (Phi) is 7.23. The van der Waals surface area contributed by atoms with Crippen LogP contribution < -0.4 is 0 Å². The Hall–Kier alpha value is 0.350. The molecule has 0 aliphatic heterocycles. The number of rotatable bonds is 5. The van der Waals surface area contributed by atoms with Crippen LogP contribution in [0, 0.1) is 23.7 Å². The van der Waals surface area contributed by atoms with Gasteiger partial charge in [0.25, 0.3) is 0 Å². The molecule has 0 N–H and O–H groups in total. The van der Waals surface area contributed by atoms with Crippen LogP contribution in [-0.4, -0.2) is 10.5 Å². The van der Waals surface area contributed by atoms with E-state index >= 15 is 0 Å². The standard InChI is InChI=1S/C22H40S/c1-3-18-6-8-19(9-7-18)16-20-10-14-22(15-11-20)23-21-12-4-17(2)5-13-21/h17-22H,3-16H2,1-2H3. The fourth-order valence-electron chi connectivity index (χ4n) is 5.49. The van der Waals surface area contributed by atoms with Crippen molar-refractivity contribution in [2.75, 3.05) is 0 Å². The topological polar surface area (TPSA) is 0 Å². The molecule has 0 aromatic heterocycles. The van der Waals surface area contributed by atoms with E-state index in [2.05, 4.69) is 25.6 Å². The molecular formula is C22H40S. The largest absolute Gasteiger partial charge is 0.155 e. The summed E-state index contributed by atoms with van der Waals surface area (Å²) in [5, 5.41) is 2.03. The Bertz CT molecular complexity index is 315. The highest BCUT2D eigenvalue weighted by molar-refractivity contribution is 8.00. The van der Waals surface area contributed by atoms with E-state index in [1.54, 1.807) is 32.1 Å². The van der Waals surface area contributed by atoms with Crippen molar-refractivity contribution < 1.29 is 0 Å². The zero-order valence-corrected chi connectivity index (χ0v) is 16.6. The summed E-state index contributed by atoms with van der Waals surface area (Å²) in [6, 6.07) is 0. The van der Waals surface area contributed by atoms with Crippen molar-refractivity contribution in [2.45, 2.75) is 114 Å². The van der Waals surface area contributed by atoms with Crippen LogP contribution in [0.2, 0.25) is 0 Å². The molecule has 0 aromatic rings. The summed E-state index contributed by atoms with van der Waals surface area (Å²) in [6.07, 6.45) is 21.3. The zero-order valence-electron chi connectivity index (χ0n) is 15.8. The van der Waals surface area contributed by atoms with E-state index in [9.17, 15) is 0 Å². The van der Waals surface area contributed by atoms with Gasteiger partial charge in [-0.2, -0.15) is 11.8 Å². The molecule has 0 nitrogen and oxygen atoms in total. The average Bonchev–Trinajstić information content (AvgIpc) is 2.59. The second kappa shape index (κ2) is 9.16. The molecule has 0 radical (unpaired) electrons. The first-order valence-corrected chi connectivity index (χ1v) is 11.8. The first kappa shape index (κ1) is 18.2. The minimum Gasteiger partial charge on any atom is -0.155 e. The first-order valence-electron chi connectivity index (χ1n) is 10.9. The van der Waals surface area contributed by atoms with Gasteiger partial charge in [-0.25, -0.2) is 0 Å². The molecule has 1 heteroatoms. The fraction of sp³-hybridized carbons (Fsp3) is 1.00. The van der Waals surface area contributed by atoms with E-state index < -0.39 is 0 Å². The third-order valence-electron chi connectivity index (χ3n) is 7.35. The minimum absolute atomic E-state index is 1.00. The maximum absolute atomic E-state index is 2.44. The van der Waals surface area contributed by atoms with Crippen LogP contribution in [0.1, 0.15) is 104 Å². The summed E-state index contributed by atoms with van der Waals surface area (Å²) in [7, 11) is 0. The molecule has 134 valence electrons. The van der Waals surface area contributed by atoms with Crippen molar-refractivity contribution in [3.63, 3.8) is 0 Å². The molecule has 0 amide bonds. The maximum Gasteiger partial charge on any atom is 0.00500 e. The molecule has 0 unspecified atom stereocenters. The van der Waals surface area contributed by atoms with Crippen LogP contribution in [0.3, 0.4) is 0 Å². The van der Waals surface area contributed by atoms with Crippen molar-refractivity contribution in [3.8, 4) is 0 Å². The normalized spacial score (nSPS) is 42.5. The third kappa shape index (κ3) is 5.68. The Morgan fingerprint density at radius 1 is 0.609 bits per heavy atom. The van der Waals surface area contributed by atoms with Crippen molar-refractivity contribution in [1.82, 2.24) is 0 Å². The van der Waals surface area contributed by atoms with Crippen LogP contribution in [-0.2, 0) is 0 Å². The molecule has 3 saturated carbocycles. The molecular weight excluding hydrogens is 296 g/mol. The highest BCUT2D eigenvalue weighted by atomic mass is 32.2. The molecule has 3 fully saturated rings. The molecule has 23 heavy (non-hydrogen) atoms. The summed E-state index contributed by atoms with van der Waals surface area (Å²) in [4.78, 5) is 0. The SMILES string of the molecule is CCC1CCC(CC2CCC(SC3CCC(C)CC3)CC2)CC1. The predicted molar refractivity (Wildman–Crippen MR) is 105 cm³/mol. The van der Waals surface area contributed by atoms with E-state index in [-0.39, 0.29) is 0 Å². The molecule has 3 rings (SSSR count). The van der Waals surface area contributed by atoms with Gasteiger partial charge in [-0.05, 0) is 81.5 Å². The quantitative estimate of drug-likeness (QED) is 0.502. The molecule has 0 aromatic carbocycles. The van der Waals surface area contributed by atoms with Crippen molar-refractivity contribution in [3.05, 3.63) is 0 Å². The summed E-state index contributed by atoms with van der Waals surface area (Å²) in [6.45, 7) is 4.83. The van der Waals surface area contributed by atoms with Crippen LogP contribution in [0.25, 0.3) is 0 Å². The Morgan fingerprint density at radius 2 is 1.04 bits per heavy atom. The number of thioether (sulfide) groups is 1. The average molecular weight is 337 g/mol. The van der Waals surface area contributed by atoms with E-state index in [4.69, 9.17) is 0 Å². The lowest BCUT2D eigenvalue weighted by Crippen LogP contribution is -2.24. The van der Waals surface area contributed by atoms with Gasteiger partial charge in [-0.1, -0.05) is 46.0 Å². The van der Waals surface area contributed by atoms with Gasteiger partial charge in [-0.3, -0.25) is 0 Å². The highest BCUT2D eigenvalue weighted by Gasteiger charge is 2.28. The van der Waals surface area contributed by atoms with Gasteiger partial charge in [-0.15, -0.1) is 0 Å². The second-order valence-corrected chi connectivity index (χ2v) is 10.8. The smallest absolute Gasteiger partial charge is 0.00500 e. The lowest BCUT2D eigenvalue weighted by molar-refractivity contribution is 0.210. The Morgan fingerprint density at radius 3 is 1.57 bits per heavy atom. The van der Waals surface area contributed by atoms with E-state index in [1.807, 2.05) is 0 Å². The molecule has 3 aliphatic rings.